The van der Waals surface area contributed by atoms with Crippen LogP contribution in [0.3, 0.4) is 0 Å². The second kappa shape index (κ2) is 3.30. The average molecular weight is 238 g/mol. The summed E-state index contributed by atoms with van der Waals surface area (Å²) >= 11 is 0. The number of rotatable bonds is 3. The van der Waals surface area contributed by atoms with E-state index in [0.29, 0.717) is 12.5 Å². The largest absolute Gasteiger partial charge is 0.416 e. The highest BCUT2D eigenvalue weighted by Gasteiger charge is 2.61. The van der Waals surface area contributed by atoms with E-state index in [4.69, 9.17) is 4.43 Å². The summed E-state index contributed by atoms with van der Waals surface area (Å²) in [6.45, 7) is 11.8. The summed E-state index contributed by atoms with van der Waals surface area (Å²) in [5.74, 6) is 0.765. The molecule has 90 valence electrons. The number of carbonyl (C=O) groups excluding carboxylic acids is 1. The first-order chi connectivity index (χ1) is 7.19. The summed E-state index contributed by atoms with van der Waals surface area (Å²) in [5.41, 5.74) is -0.143. The molecule has 0 aromatic rings. The third-order valence-corrected chi connectivity index (χ3v) is 9.08. The van der Waals surface area contributed by atoms with Crippen LogP contribution in [0, 0.1) is 11.3 Å². The molecule has 0 aromatic carbocycles. The van der Waals surface area contributed by atoms with E-state index < -0.39 is 8.32 Å². The Hall–Kier alpha value is -0.413. The van der Waals surface area contributed by atoms with Crippen molar-refractivity contribution in [1.82, 2.24) is 0 Å². The van der Waals surface area contributed by atoms with Crippen molar-refractivity contribution < 1.29 is 9.22 Å². The molecule has 0 aliphatic heterocycles. The molecule has 1 fully saturated rings. The Morgan fingerprint density at radius 1 is 1.50 bits per heavy atom. The predicted molar refractivity (Wildman–Crippen MR) is 67.8 cm³/mol. The highest BCUT2D eigenvalue weighted by atomic mass is 28.4. The van der Waals surface area contributed by atoms with Gasteiger partial charge in [-0.05, 0) is 36.5 Å². The van der Waals surface area contributed by atoms with Crippen molar-refractivity contribution in [1.29, 1.82) is 0 Å². The predicted octanol–water partition coefficient (Wildman–Crippen LogP) is 3.15. The van der Waals surface area contributed by atoms with Gasteiger partial charge in [0.05, 0.1) is 5.41 Å². The van der Waals surface area contributed by atoms with Gasteiger partial charge in [0.1, 0.15) is 0 Å². The summed E-state index contributed by atoms with van der Waals surface area (Å²) in [6.07, 6.45) is 4.80. The zero-order chi connectivity index (χ0) is 12.2. The van der Waals surface area contributed by atoms with Crippen LogP contribution in [-0.4, -0.2) is 20.7 Å². The van der Waals surface area contributed by atoms with Crippen LogP contribution in [0.1, 0.15) is 27.2 Å². The highest BCUT2D eigenvalue weighted by Crippen LogP contribution is 2.58. The molecule has 0 unspecified atom stereocenters. The minimum absolute atomic E-state index is 0.143. The Labute approximate surface area is 99.2 Å². The fourth-order valence-corrected chi connectivity index (χ4v) is 3.05. The molecule has 2 rings (SSSR count). The summed E-state index contributed by atoms with van der Waals surface area (Å²) < 4.78 is 6.17. The van der Waals surface area contributed by atoms with Crippen LogP contribution >= 0.6 is 0 Å². The van der Waals surface area contributed by atoms with Crippen LogP contribution in [-0.2, 0) is 9.22 Å². The topological polar surface area (TPSA) is 26.3 Å². The lowest BCUT2D eigenvalue weighted by Gasteiger charge is -2.37. The van der Waals surface area contributed by atoms with Gasteiger partial charge in [-0.25, -0.2) is 0 Å². The van der Waals surface area contributed by atoms with Gasteiger partial charge >= 0.3 is 0 Å². The summed E-state index contributed by atoms with van der Waals surface area (Å²) in [6, 6.07) is 0. The van der Waals surface area contributed by atoms with Gasteiger partial charge < -0.3 is 4.43 Å². The lowest BCUT2D eigenvalue weighted by molar-refractivity contribution is -0.120. The Morgan fingerprint density at radius 3 is 2.50 bits per heavy atom. The van der Waals surface area contributed by atoms with Crippen LogP contribution in [0.5, 0.6) is 0 Å². The molecule has 0 aromatic heterocycles. The molecule has 0 amide bonds. The molecule has 2 atom stereocenters. The number of hydrogen-bond acceptors (Lipinski definition) is 2. The summed E-state index contributed by atoms with van der Waals surface area (Å²) in [4.78, 5) is 11.8. The molecule has 2 nitrogen and oxygen atoms in total. The number of allylic oxidation sites excluding steroid dienone is 2. The van der Waals surface area contributed by atoms with Gasteiger partial charge in [0.25, 0.3) is 0 Å². The van der Waals surface area contributed by atoms with E-state index in [1.54, 1.807) is 6.08 Å². The van der Waals surface area contributed by atoms with Crippen molar-refractivity contribution in [3.63, 3.8) is 0 Å². The molecule has 0 N–H and O–H groups in total. The Balaban J connectivity index is 1.97. The summed E-state index contributed by atoms with van der Waals surface area (Å²) in [5, 5.41) is 0.225. The fraction of sp³-hybridized carbons (Fsp3) is 0.769. The second-order valence-electron chi connectivity index (χ2n) is 6.74. The fourth-order valence-electron chi connectivity index (χ4n) is 2.00. The van der Waals surface area contributed by atoms with Gasteiger partial charge in [0.15, 0.2) is 14.1 Å². The van der Waals surface area contributed by atoms with E-state index in [1.165, 1.54) is 0 Å². The maximum Gasteiger partial charge on any atom is 0.192 e. The average Bonchev–Trinajstić information content (AvgIpc) is 2.77. The van der Waals surface area contributed by atoms with Crippen molar-refractivity contribution in [2.75, 3.05) is 6.61 Å². The Bertz CT molecular complexity index is 351. The molecule has 0 spiro atoms. The first kappa shape index (κ1) is 12.1. The Kier molecular flexibility index (Phi) is 2.48. The van der Waals surface area contributed by atoms with E-state index in [-0.39, 0.29) is 16.2 Å². The SMILES string of the molecule is CC(C)(C)[Si](C)(C)OC[C@@]12C[C@@H]1C=CC2=O. The number of fused-ring (bicyclic) bond motifs is 1. The lowest BCUT2D eigenvalue weighted by atomic mass is 10.0. The Morgan fingerprint density at radius 2 is 2.12 bits per heavy atom. The van der Waals surface area contributed by atoms with Gasteiger partial charge in [-0.2, -0.15) is 0 Å². The van der Waals surface area contributed by atoms with Crippen molar-refractivity contribution in [3.05, 3.63) is 12.2 Å². The van der Waals surface area contributed by atoms with Crippen LogP contribution in [0.25, 0.3) is 0 Å². The smallest absolute Gasteiger partial charge is 0.192 e. The molecule has 16 heavy (non-hydrogen) atoms. The van der Waals surface area contributed by atoms with Crippen molar-refractivity contribution in [2.45, 2.75) is 45.3 Å². The monoisotopic (exact) mass is 238 g/mol. The molecule has 3 heteroatoms. The minimum Gasteiger partial charge on any atom is -0.416 e. The minimum atomic E-state index is -1.70. The standard InChI is InChI=1S/C13H22O2Si/c1-12(2,3)16(4,5)15-9-13-8-10(13)6-7-11(13)14/h6-7,10H,8-9H2,1-5H3/t10-,13-/m0/s1. The van der Waals surface area contributed by atoms with Gasteiger partial charge in [-0.3, -0.25) is 4.79 Å². The number of hydrogen-bond donors (Lipinski definition) is 0. The third kappa shape index (κ3) is 1.70. The number of ketones is 1. The zero-order valence-electron chi connectivity index (χ0n) is 11.0. The molecule has 0 saturated heterocycles. The zero-order valence-corrected chi connectivity index (χ0v) is 12.0. The second-order valence-corrected chi connectivity index (χ2v) is 11.5. The van der Waals surface area contributed by atoms with Crippen molar-refractivity contribution >= 4 is 14.1 Å². The third-order valence-electron chi connectivity index (χ3n) is 4.60. The molecule has 0 bridgehead atoms. The normalized spacial score (nSPS) is 33.1. The first-order valence-electron chi connectivity index (χ1n) is 6.06. The van der Waals surface area contributed by atoms with Gasteiger partial charge in [0, 0.05) is 6.61 Å². The summed E-state index contributed by atoms with van der Waals surface area (Å²) in [7, 11) is -1.70. The van der Waals surface area contributed by atoms with Crippen molar-refractivity contribution in [3.8, 4) is 0 Å². The van der Waals surface area contributed by atoms with E-state index >= 15 is 0 Å². The maximum absolute atomic E-state index is 11.8. The van der Waals surface area contributed by atoms with Gasteiger partial charge in [0.2, 0.25) is 0 Å². The van der Waals surface area contributed by atoms with E-state index in [1.807, 2.05) is 0 Å². The molecule has 1 saturated carbocycles. The first-order valence-corrected chi connectivity index (χ1v) is 8.96. The molecule has 2 aliphatic carbocycles. The molecular formula is C13H22O2Si. The van der Waals surface area contributed by atoms with Gasteiger partial charge in [-0.15, -0.1) is 0 Å². The molecule has 2 aliphatic rings. The van der Waals surface area contributed by atoms with E-state index in [0.717, 1.165) is 6.42 Å². The van der Waals surface area contributed by atoms with Crippen LogP contribution in [0.15, 0.2) is 12.2 Å². The van der Waals surface area contributed by atoms with Crippen molar-refractivity contribution in [2.24, 2.45) is 11.3 Å². The van der Waals surface area contributed by atoms with Crippen LogP contribution in [0.4, 0.5) is 0 Å². The lowest BCUT2D eigenvalue weighted by Crippen LogP contribution is -2.43. The molecule has 0 heterocycles. The maximum atomic E-state index is 11.8. The van der Waals surface area contributed by atoms with Gasteiger partial charge in [-0.1, -0.05) is 26.8 Å². The number of carbonyl (C=O) groups is 1. The van der Waals surface area contributed by atoms with Crippen LogP contribution in [0.2, 0.25) is 18.1 Å². The molecular weight excluding hydrogens is 216 g/mol. The van der Waals surface area contributed by atoms with E-state index in [9.17, 15) is 4.79 Å². The highest BCUT2D eigenvalue weighted by molar-refractivity contribution is 6.74. The van der Waals surface area contributed by atoms with E-state index in [2.05, 4.69) is 39.9 Å². The quantitative estimate of drug-likeness (QED) is 0.706. The molecule has 0 radical (unpaired) electrons. The van der Waals surface area contributed by atoms with Crippen LogP contribution < -0.4 is 0 Å².